The summed E-state index contributed by atoms with van der Waals surface area (Å²) in [6, 6.07) is 1.78. The smallest absolute Gasteiger partial charge is 0.239 e. The topological polar surface area (TPSA) is 79.4 Å². The van der Waals surface area contributed by atoms with Crippen molar-refractivity contribution in [1.29, 1.82) is 0 Å². The molecule has 0 aliphatic carbocycles. The Morgan fingerprint density at radius 3 is 2.94 bits per heavy atom. The summed E-state index contributed by atoms with van der Waals surface area (Å²) in [6.45, 7) is 1.26. The molecule has 1 rings (SSSR count). The largest absolute Gasteiger partial charge is 0.383 e. The zero-order valence-corrected chi connectivity index (χ0v) is 10.9. The summed E-state index contributed by atoms with van der Waals surface area (Å²) in [5.41, 5.74) is 0. The van der Waals surface area contributed by atoms with Crippen molar-refractivity contribution in [1.82, 2.24) is 15.3 Å². The van der Waals surface area contributed by atoms with Crippen molar-refractivity contribution in [3.63, 3.8) is 0 Å². The van der Waals surface area contributed by atoms with Crippen LogP contribution >= 0.6 is 0 Å². The number of carbonyl (C=O) groups excluding carboxylic acids is 1. The highest BCUT2D eigenvalue weighted by Gasteiger charge is 2.08. The van der Waals surface area contributed by atoms with Gasteiger partial charge in [0.15, 0.2) is 0 Å². The number of carbonyl (C=O) groups is 1. The molecule has 0 fully saturated rings. The van der Waals surface area contributed by atoms with Crippen LogP contribution in [0.25, 0.3) is 0 Å². The molecule has 0 atom stereocenters. The van der Waals surface area contributed by atoms with Gasteiger partial charge in [-0.3, -0.25) is 4.79 Å². The van der Waals surface area contributed by atoms with Crippen molar-refractivity contribution in [3.8, 4) is 0 Å². The molecule has 0 spiro atoms. The Bertz CT molecular complexity index is 385. The lowest BCUT2D eigenvalue weighted by Gasteiger charge is -2.17. The van der Waals surface area contributed by atoms with Crippen LogP contribution in [-0.2, 0) is 9.53 Å². The number of hydrogen-bond acceptors (Lipinski definition) is 6. The molecule has 0 bridgehead atoms. The van der Waals surface area contributed by atoms with Crippen LogP contribution in [-0.4, -0.2) is 56.8 Å². The molecular weight excluding hydrogens is 234 g/mol. The highest BCUT2D eigenvalue weighted by atomic mass is 16.5. The number of methoxy groups -OCH3 is 1. The van der Waals surface area contributed by atoms with Crippen LogP contribution in [0.4, 0.5) is 11.6 Å². The number of hydrogen-bond donors (Lipinski definition) is 2. The number of nitrogens with zero attached hydrogens (tertiary/aromatic N) is 3. The number of anilines is 2. The van der Waals surface area contributed by atoms with E-state index in [-0.39, 0.29) is 12.5 Å². The Balaban J connectivity index is 2.48. The van der Waals surface area contributed by atoms with Gasteiger partial charge in [0.1, 0.15) is 18.0 Å². The monoisotopic (exact) mass is 253 g/mol. The van der Waals surface area contributed by atoms with E-state index in [0.29, 0.717) is 24.8 Å². The second-order valence-electron chi connectivity index (χ2n) is 3.71. The maximum atomic E-state index is 11.6. The summed E-state index contributed by atoms with van der Waals surface area (Å²) in [5, 5.41) is 5.67. The molecule has 7 nitrogen and oxygen atoms in total. The number of likely N-dealkylation sites (N-methyl/N-ethyl adjacent to an activating group) is 1. The van der Waals surface area contributed by atoms with Gasteiger partial charge < -0.3 is 20.3 Å². The van der Waals surface area contributed by atoms with Crippen LogP contribution in [0.5, 0.6) is 0 Å². The molecule has 1 aromatic heterocycles. The standard InChI is InChI=1S/C11H19N5O2/c1-12-9-6-10(15-8-14-9)16(2)7-11(17)13-4-5-18-3/h6,8H,4-5,7H2,1-3H3,(H,13,17)(H,12,14,15). The lowest BCUT2D eigenvalue weighted by atomic mass is 10.4. The molecule has 1 heterocycles. The Kier molecular flexibility index (Phi) is 5.86. The van der Waals surface area contributed by atoms with Crippen molar-refractivity contribution in [2.45, 2.75) is 0 Å². The molecule has 0 saturated carbocycles. The fourth-order valence-corrected chi connectivity index (χ4v) is 1.34. The van der Waals surface area contributed by atoms with Crippen LogP contribution < -0.4 is 15.5 Å². The van der Waals surface area contributed by atoms with Crippen LogP contribution in [0.15, 0.2) is 12.4 Å². The quantitative estimate of drug-likeness (QED) is 0.650. The predicted octanol–water partition coefficient (Wildman–Crippen LogP) is -0.283. The van der Waals surface area contributed by atoms with Gasteiger partial charge in [0.2, 0.25) is 5.91 Å². The van der Waals surface area contributed by atoms with E-state index in [4.69, 9.17) is 4.74 Å². The van der Waals surface area contributed by atoms with E-state index in [1.807, 2.05) is 0 Å². The van der Waals surface area contributed by atoms with E-state index in [9.17, 15) is 4.79 Å². The predicted molar refractivity (Wildman–Crippen MR) is 69.7 cm³/mol. The minimum Gasteiger partial charge on any atom is -0.383 e. The van der Waals surface area contributed by atoms with Gasteiger partial charge in [0.25, 0.3) is 0 Å². The number of nitrogens with one attached hydrogen (secondary N) is 2. The maximum absolute atomic E-state index is 11.6. The average molecular weight is 253 g/mol. The van der Waals surface area contributed by atoms with E-state index in [1.165, 1.54) is 6.33 Å². The summed E-state index contributed by atoms with van der Waals surface area (Å²) >= 11 is 0. The highest BCUT2D eigenvalue weighted by Crippen LogP contribution is 2.11. The number of aromatic nitrogens is 2. The maximum Gasteiger partial charge on any atom is 0.239 e. The normalized spacial score (nSPS) is 9.94. The van der Waals surface area contributed by atoms with E-state index < -0.39 is 0 Å². The Labute approximate surface area is 107 Å². The molecule has 18 heavy (non-hydrogen) atoms. The number of amides is 1. The lowest BCUT2D eigenvalue weighted by molar-refractivity contribution is -0.119. The van der Waals surface area contributed by atoms with Gasteiger partial charge in [-0.15, -0.1) is 0 Å². The van der Waals surface area contributed by atoms with Crippen LogP contribution in [0.3, 0.4) is 0 Å². The fourth-order valence-electron chi connectivity index (χ4n) is 1.34. The average Bonchev–Trinajstić information content (AvgIpc) is 2.39. The molecule has 1 amide bonds. The van der Waals surface area contributed by atoms with Gasteiger partial charge in [0, 0.05) is 33.8 Å². The summed E-state index contributed by atoms with van der Waals surface area (Å²) in [7, 11) is 5.18. The molecule has 0 saturated heterocycles. The van der Waals surface area contributed by atoms with Crippen molar-refractivity contribution in [2.75, 3.05) is 51.1 Å². The van der Waals surface area contributed by atoms with Crippen LogP contribution in [0, 0.1) is 0 Å². The summed E-state index contributed by atoms with van der Waals surface area (Å²) < 4.78 is 4.85. The van der Waals surface area contributed by atoms with Crippen molar-refractivity contribution in [3.05, 3.63) is 12.4 Å². The molecule has 0 aromatic carbocycles. The minimum absolute atomic E-state index is 0.0702. The zero-order valence-electron chi connectivity index (χ0n) is 10.9. The first-order chi connectivity index (χ1) is 8.67. The second-order valence-corrected chi connectivity index (χ2v) is 3.71. The zero-order chi connectivity index (χ0) is 13.4. The first-order valence-electron chi connectivity index (χ1n) is 5.64. The third-order valence-corrected chi connectivity index (χ3v) is 2.31. The molecule has 1 aromatic rings. The van der Waals surface area contributed by atoms with E-state index in [0.717, 1.165) is 0 Å². The number of ether oxygens (including phenoxy) is 1. The Hall–Kier alpha value is -1.89. The molecule has 100 valence electrons. The summed E-state index contributed by atoms with van der Waals surface area (Å²) in [4.78, 5) is 21.5. The van der Waals surface area contributed by atoms with Gasteiger partial charge in [-0.05, 0) is 0 Å². The van der Waals surface area contributed by atoms with Crippen molar-refractivity contribution < 1.29 is 9.53 Å². The molecule has 7 heteroatoms. The SMILES string of the molecule is CNc1cc(N(C)CC(=O)NCCOC)ncn1. The van der Waals surface area contributed by atoms with Gasteiger partial charge in [-0.2, -0.15) is 0 Å². The second kappa shape index (κ2) is 7.44. The third-order valence-electron chi connectivity index (χ3n) is 2.31. The molecule has 0 radical (unpaired) electrons. The van der Waals surface area contributed by atoms with Gasteiger partial charge in [-0.1, -0.05) is 0 Å². The highest BCUT2D eigenvalue weighted by molar-refractivity contribution is 5.80. The van der Waals surface area contributed by atoms with E-state index >= 15 is 0 Å². The molecule has 2 N–H and O–H groups in total. The first-order valence-corrected chi connectivity index (χ1v) is 5.64. The van der Waals surface area contributed by atoms with Gasteiger partial charge in [-0.25, -0.2) is 9.97 Å². The summed E-state index contributed by atoms with van der Waals surface area (Å²) in [5.74, 6) is 1.34. The van der Waals surface area contributed by atoms with Crippen LogP contribution in [0.1, 0.15) is 0 Å². The Morgan fingerprint density at radius 2 is 2.28 bits per heavy atom. The Morgan fingerprint density at radius 1 is 1.50 bits per heavy atom. The first kappa shape index (κ1) is 14.2. The third kappa shape index (κ3) is 4.54. The molecule has 0 aliphatic rings. The molecular formula is C11H19N5O2. The van der Waals surface area contributed by atoms with Crippen molar-refractivity contribution >= 4 is 17.5 Å². The van der Waals surface area contributed by atoms with E-state index in [2.05, 4.69) is 20.6 Å². The number of rotatable bonds is 7. The fraction of sp³-hybridized carbons (Fsp3) is 0.545. The van der Waals surface area contributed by atoms with Crippen LogP contribution in [0.2, 0.25) is 0 Å². The van der Waals surface area contributed by atoms with Crippen molar-refractivity contribution in [2.24, 2.45) is 0 Å². The lowest BCUT2D eigenvalue weighted by Crippen LogP contribution is -2.37. The molecule has 0 aliphatic heterocycles. The van der Waals surface area contributed by atoms with Gasteiger partial charge in [0.05, 0.1) is 13.2 Å². The van der Waals surface area contributed by atoms with Gasteiger partial charge >= 0.3 is 0 Å². The molecule has 0 unspecified atom stereocenters. The summed E-state index contributed by atoms with van der Waals surface area (Å²) in [6.07, 6.45) is 1.46. The minimum atomic E-state index is -0.0702. The van der Waals surface area contributed by atoms with E-state index in [1.54, 1.807) is 32.2 Å².